The number of piperidine rings is 1. The molecule has 128 valence electrons. The SMILES string of the molecule is Cl.O=C(C1CCCN(Cc2cccc(F)c2)C1)N1CCNCC1. The van der Waals surface area contributed by atoms with Crippen LogP contribution in [0.15, 0.2) is 24.3 Å². The van der Waals surface area contributed by atoms with E-state index in [-0.39, 0.29) is 24.1 Å². The molecule has 6 heteroatoms. The van der Waals surface area contributed by atoms with E-state index >= 15 is 0 Å². The van der Waals surface area contributed by atoms with Crippen molar-refractivity contribution in [2.75, 3.05) is 39.3 Å². The first-order valence-electron chi connectivity index (χ1n) is 8.19. The Morgan fingerprint density at radius 3 is 2.78 bits per heavy atom. The Labute approximate surface area is 143 Å². The summed E-state index contributed by atoms with van der Waals surface area (Å²) in [6.45, 7) is 5.93. The third kappa shape index (κ3) is 4.90. The van der Waals surface area contributed by atoms with Gasteiger partial charge in [-0.15, -0.1) is 12.4 Å². The maximum Gasteiger partial charge on any atom is 0.227 e. The zero-order valence-corrected chi connectivity index (χ0v) is 14.2. The number of amides is 1. The Hall–Kier alpha value is -1.17. The van der Waals surface area contributed by atoms with Crippen molar-refractivity contribution in [3.63, 3.8) is 0 Å². The molecule has 1 atom stereocenters. The quantitative estimate of drug-likeness (QED) is 0.912. The van der Waals surface area contributed by atoms with Gasteiger partial charge in [-0.05, 0) is 37.1 Å². The lowest BCUT2D eigenvalue weighted by molar-refractivity contribution is -0.138. The standard InChI is InChI=1S/C17H24FN3O.ClH/c18-16-5-1-3-14(11-16)12-20-8-2-4-15(13-20)17(22)21-9-6-19-7-10-21;/h1,3,5,11,15,19H,2,4,6-10,12-13H2;1H. The summed E-state index contributed by atoms with van der Waals surface area (Å²) in [5, 5.41) is 3.28. The van der Waals surface area contributed by atoms with E-state index in [4.69, 9.17) is 0 Å². The van der Waals surface area contributed by atoms with Gasteiger partial charge < -0.3 is 10.2 Å². The molecule has 0 bridgehead atoms. The summed E-state index contributed by atoms with van der Waals surface area (Å²) in [6.07, 6.45) is 2.01. The van der Waals surface area contributed by atoms with Crippen molar-refractivity contribution < 1.29 is 9.18 Å². The Bertz CT molecular complexity index is 522. The number of carbonyl (C=O) groups excluding carboxylic acids is 1. The number of halogens is 2. The minimum atomic E-state index is -0.192. The zero-order valence-electron chi connectivity index (χ0n) is 13.3. The molecule has 3 rings (SSSR count). The molecule has 1 aromatic rings. The summed E-state index contributed by atoms with van der Waals surface area (Å²) < 4.78 is 13.3. The van der Waals surface area contributed by atoms with Crippen LogP contribution >= 0.6 is 12.4 Å². The maximum absolute atomic E-state index is 13.3. The number of hydrogen-bond donors (Lipinski definition) is 1. The van der Waals surface area contributed by atoms with Gasteiger partial charge in [-0.1, -0.05) is 12.1 Å². The number of hydrogen-bond acceptors (Lipinski definition) is 3. The van der Waals surface area contributed by atoms with Crippen LogP contribution in [0.3, 0.4) is 0 Å². The van der Waals surface area contributed by atoms with Crippen LogP contribution in [-0.4, -0.2) is 55.0 Å². The van der Waals surface area contributed by atoms with E-state index in [1.54, 1.807) is 12.1 Å². The summed E-state index contributed by atoms with van der Waals surface area (Å²) in [5.41, 5.74) is 0.982. The number of piperazine rings is 1. The molecule has 2 saturated heterocycles. The molecule has 2 fully saturated rings. The average molecular weight is 342 g/mol. The largest absolute Gasteiger partial charge is 0.340 e. The third-order valence-corrected chi connectivity index (χ3v) is 4.58. The number of rotatable bonds is 3. The van der Waals surface area contributed by atoms with Gasteiger partial charge in [0.25, 0.3) is 0 Å². The second-order valence-corrected chi connectivity index (χ2v) is 6.28. The number of nitrogens with one attached hydrogen (secondary N) is 1. The highest BCUT2D eigenvalue weighted by molar-refractivity contribution is 5.85. The van der Waals surface area contributed by atoms with Crippen LogP contribution in [0.2, 0.25) is 0 Å². The van der Waals surface area contributed by atoms with Crippen molar-refractivity contribution in [2.24, 2.45) is 5.92 Å². The first-order valence-corrected chi connectivity index (χ1v) is 8.19. The molecule has 0 saturated carbocycles. The lowest BCUT2D eigenvalue weighted by Gasteiger charge is -2.36. The van der Waals surface area contributed by atoms with Crippen molar-refractivity contribution in [1.29, 1.82) is 0 Å². The van der Waals surface area contributed by atoms with Crippen LogP contribution in [0, 0.1) is 11.7 Å². The molecule has 1 N–H and O–H groups in total. The van der Waals surface area contributed by atoms with Crippen molar-refractivity contribution >= 4 is 18.3 Å². The van der Waals surface area contributed by atoms with Crippen LogP contribution in [0.1, 0.15) is 18.4 Å². The minimum Gasteiger partial charge on any atom is -0.340 e. The van der Waals surface area contributed by atoms with Gasteiger partial charge in [0.05, 0.1) is 5.92 Å². The fourth-order valence-electron chi connectivity index (χ4n) is 3.44. The fraction of sp³-hybridized carbons (Fsp3) is 0.588. The van der Waals surface area contributed by atoms with Crippen LogP contribution in [0.25, 0.3) is 0 Å². The number of likely N-dealkylation sites (tertiary alicyclic amines) is 1. The van der Waals surface area contributed by atoms with Crippen LogP contribution in [0.4, 0.5) is 4.39 Å². The predicted octanol–water partition coefficient (Wildman–Crippen LogP) is 1.89. The van der Waals surface area contributed by atoms with Gasteiger partial charge in [0.2, 0.25) is 5.91 Å². The van der Waals surface area contributed by atoms with Crippen LogP contribution in [0.5, 0.6) is 0 Å². The first kappa shape index (κ1) is 18.2. The third-order valence-electron chi connectivity index (χ3n) is 4.58. The Kier molecular flexibility index (Phi) is 6.81. The van der Waals surface area contributed by atoms with E-state index in [0.717, 1.165) is 64.2 Å². The fourth-order valence-corrected chi connectivity index (χ4v) is 3.44. The normalized spacial score (nSPS) is 22.5. The zero-order chi connectivity index (χ0) is 15.4. The lowest BCUT2D eigenvalue weighted by atomic mass is 9.95. The molecule has 2 aliphatic rings. The molecule has 23 heavy (non-hydrogen) atoms. The summed E-state index contributed by atoms with van der Waals surface area (Å²) in [4.78, 5) is 16.9. The molecule has 0 radical (unpaired) electrons. The predicted molar refractivity (Wildman–Crippen MR) is 91.1 cm³/mol. The van der Waals surface area contributed by atoms with E-state index in [1.165, 1.54) is 6.07 Å². The molecule has 1 aromatic carbocycles. The van der Waals surface area contributed by atoms with Gasteiger partial charge in [-0.2, -0.15) is 0 Å². The number of nitrogens with zero attached hydrogens (tertiary/aromatic N) is 2. The highest BCUT2D eigenvalue weighted by Gasteiger charge is 2.29. The van der Waals surface area contributed by atoms with Gasteiger partial charge in [-0.3, -0.25) is 9.69 Å². The number of carbonyl (C=O) groups is 1. The molecule has 2 aliphatic heterocycles. The maximum atomic E-state index is 13.3. The van der Waals surface area contributed by atoms with Gasteiger partial charge in [-0.25, -0.2) is 4.39 Å². The molecule has 0 aromatic heterocycles. The van der Waals surface area contributed by atoms with Crippen molar-refractivity contribution in [3.8, 4) is 0 Å². The van der Waals surface area contributed by atoms with E-state index in [9.17, 15) is 9.18 Å². The molecule has 4 nitrogen and oxygen atoms in total. The second-order valence-electron chi connectivity index (χ2n) is 6.28. The van der Waals surface area contributed by atoms with E-state index < -0.39 is 0 Å². The minimum absolute atomic E-state index is 0. The second kappa shape index (κ2) is 8.62. The lowest BCUT2D eigenvalue weighted by Crippen LogP contribution is -2.51. The van der Waals surface area contributed by atoms with E-state index in [0.29, 0.717) is 5.91 Å². The van der Waals surface area contributed by atoms with Crippen molar-refractivity contribution in [1.82, 2.24) is 15.1 Å². The smallest absolute Gasteiger partial charge is 0.227 e. The average Bonchev–Trinajstić information content (AvgIpc) is 2.55. The monoisotopic (exact) mass is 341 g/mol. The Morgan fingerprint density at radius 1 is 1.26 bits per heavy atom. The van der Waals surface area contributed by atoms with Gasteiger partial charge in [0, 0.05) is 39.3 Å². The van der Waals surface area contributed by atoms with Crippen molar-refractivity contribution in [2.45, 2.75) is 19.4 Å². The van der Waals surface area contributed by atoms with E-state index in [1.807, 2.05) is 11.0 Å². The summed E-state index contributed by atoms with van der Waals surface area (Å²) in [5.74, 6) is 0.203. The highest BCUT2D eigenvalue weighted by atomic mass is 35.5. The molecule has 0 spiro atoms. The van der Waals surface area contributed by atoms with Gasteiger partial charge in [0.15, 0.2) is 0 Å². The Balaban J connectivity index is 0.00000192. The van der Waals surface area contributed by atoms with Crippen LogP contribution in [-0.2, 0) is 11.3 Å². The van der Waals surface area contributed by atoms with Gasteiger partial charge >= 0.3 is 0 Å². The molecule has 0 aliphatic carbocycles. The highest BCUT2D eigenvalue weighted by Crippen LogP contribution is 2.21. The number of benzene rings is 1. The van der Waals surface area contributed by atoms with Gasteiger partial charge in [0.1, 0.15) is 5.82 Å². The molecule has 1 amide bonds. The Morgan fingerprint density at radius 2 is 2.04 bits per heavy atom. The van der Waals surface area contributed by atoms with Crippen LogP contribution < -0.4 is 5.32 Å². The summed E-state index contributed by atoms with van der Waals surface area (Å²) in [6, 6.07) is 6.75. The molecular formula is C17H25ClFN3O. The summed E-state index contributed by atoms with van der Waals surface area (Å²) in [7, 11) is 0. The van der Waals surface area contributed by atoms with Crippen molar-refractivity contribution in [3.05, 3.63) is 35.6 Å². The first-order chi connectivity index (χ1) is 10.7. The summed E-state index contributed by atoms with van der Waals surface area (Å²) >= 11 is 0. The van der Waals surface area contributed by atoms with E-state index in [2.05, 4.69) is 10.2 Å². The molecular weight excluding hydrogens is 317 g/mol. The molecule has 1 unspecified atom stereocenters. The molecule has 2 heterocycles. The topological polar surface area (TPSA) is 35.6 Å².